The number of Topliss-reactive ketones (excluding diaryl/α,β-unsaturated/α-hetero) is 1. The molecule has 7 nitrogen and oxygen atoms in total. The minimum atomic E-state index is -1.37. The quantitative estimate of drug-likeness (QED) is 0.251. The van der Waals surface area contributed by atoms with Crippen LogP contribution in [-0.4, -0.2) is 48.4 Å². The zero-order chi connectivity index (χ0) is 26.6. The average molecular weight is 507 g/mol. The number of pyridine rings is 1. The summed E-state index contributed by atoms with van der Waals surface area (Å²) < 4.78 is 28.6. The van der Waals surface area contributed by atoms with E-state index in [0.717, 1.165) is 22.0 Å². The fraction of sp³-hybridized carbons (Fsp3) is 0.310. The zero-order valence-electron chi connectivity index (χ0n) is 21.4. The maximum atomic E-state index is 12.9. The molecule has 0 aliphatic heterocycles. The van der Waals surface area contributed by atoms with Crippen LogP contribution in [0.25, 0.3) is 22.2 Å². The van der Waals surface area contributed by atoms with Gasteiger partial charge in [-0.2, -0.15) is 0 Å². The van der Waals surface area contributed by atoms with E-state index in [4.69, 9.17) is 19.2 Å². The summed E-state index contributed by atoms with van der Waals surface area (Å²) in [7, 11) is 3.04. The molecule has 2 aromatic carbocycles. The number of nitrogens with zero attached hydrogens (tertiary/aromatic N) is 1. The van der Waals surface area contributed by atoms with Crippen molar-refractivity contribution in [1.29, 1.82) is 0 Å². The number of ether oxygens (including phenoxy) is 3. The number of benzene rings is 2. The standard InChI is InChI=1S/C29H31FN2O5/c1-18-6-5-7-20-21(17-31-27(18)20)28-24(35-3)10-11-26(32-28)29(2,34)13-12-22(33)19-8-9-23(37-15-14-30)25(16-19)36-4/h5-11,16-17,31,34H,12-15H2,1-4H3/t29-/m1/s1. The van der Waals surface area contributed by atoms with Crippen LogP contribution in [0.2, 0.25) is 0 Å². The van der Waals surface area contributed by atoms with Gasteiger partial charge in [-0.25, -0.2) is 9.37 Å². The Morgan fingerprint density at radius 1 is 1.08 bits per heavy atom. The second-order valence-corrected chi connectivity index (χ2v) is 9.05. The summed E-state index contributed by atoms with van der Waals surface area (Å²) in [4.78, 5) is 21.0. The first-order chi connectivity index (χ1) is 17.8. The first kappa shape index (κ1) is 26.2. The molecule has 0 saturated heterocycles. The van der Waals surface area contributed by atoms with Crippen molar-refractivity contribution < 1.29 is 28.5 Å². The maximum Gasteiger partial charge on any atom is 0.163 e. The Balaban J connectivity index is 1.57. The fourth-order valence-electron chi connectivity index (χ4n) is 4.34. The van der Waals surface area contributed by atoms with Crippen molar-refractivity contribution in [2.75, 3.05) is 27.5 Å². The van der Waals surface area contributed by atoms with Crippen molar-refractivity contribution in [3.05, 3.63) is 71.5 Å². The van der Waals surface area contributed by atoms with Crippen molar-refractivity contribution in [3.63, 3.8) is 0 Å². The fourth-order valence-corrected chi connectivity index (χ4v) is 4.34. The third-order valence-electron chi connectivity index (χ3n) is 6.47. The Kier molecular flexibility index (Phi) is 7.78. The molecule has 0 aliphatic carbocycles. The molecule has 0 amide bonds. The number of hydrogen-bond acceptors (Lipinski definition) is 6. The van der Waals surface area contributed by atoms with Crippen LogP contribution in [0, 0.1) is 6.92 Å². The average Bonchev–Trinajstić information content (AvgIpc) is 3.35. The highest BCUT2D eigenvalue weighted by Gasteiger charge is 2.28. The molecule has 8 heteroatoms. The minimum Gasteiger partial charge on any atom is -0.494 e. The van der Waals surface area contributed by atoms with E-state index in [1.165, 1.54) is 7.11 Å². The number of rotatable bonds is 11. The summed E-state index contributed by atoms with van der Waals surface area (Å²) in [6.45, 7) is 2.96. The summed E-state index contributed by atoms with van der Waals surface area (Å²) in [5.41, 5.74) is 3.09. The molecule has 0 bridgehead atoms. The second kappa shape index (κ2) is 11.0. The van der Waals surface area contributed by atoms with E-state index >= 15 is 0 Å². The molecule has 194 valence electrons. The van der Waals surface area contributed by atoms with E-state index < -0.39 is 12.3 Å². The molecule has 2 heterocycles. The number of hydrogen-bond donors (Lipinski definition) is 2. The molecule has 0 saturated carbocycles. The molecule has 1 atom stereocenters. The van der Waals surface area contributed by atoms with Crippen LogP contribution >= 0.6 is 0 Å². The van der Waals surface area contributed by atoms with Gasteiger partial charge in [-0.05, 0) is 56.2 Å². The largest absolute Gasteiger partial charge is 0.494 e. The Bertz CT molecular complexity index is 1410. The van der Waals surface area contributed by atoms with Crippen molar-refractivity contribution in [3.8, 4) is 28.5 Å². The lowest BCUT2D eigenvalue weighted by molar-refractivity contribution is 0.0397. The van der Waals surface area contributed by atoms with E-state index in [2.05, 4.69) is 4.98 Å². The maximum absolute atomic E-state index is 12.9. The van der Waals surface area contributed by atoms with Gasteiger partial charge < -0.3 is 24.3 Å². The molecule has 0 fully saturated rings. The van der Waals surface area contributed by atoms with Gasteiger partial charge >= 0.3 is 0 Å². The molecule has 37 heavy (non-hydrogen) atoms. The Labute approximate surface area is 215 Å². The molecule has 2 N–H and O–H groups in total. The number of aliphatic hydroxyl groups is 1. The van der Waals surface area contributed by atoms with E-state index in [9.17, 15) is 14.3 Å². The molecule has 0 spiro atoms. The number of fused-ring (bicyclic) bond motifs is 1. The van der Waals surface area contributed by atoms with E-state index in [1.807, 2.05) is 31.3 Å². The summed E-state index contributed by atoms with van der Waals surface area (Å²) in [5.74, 6) is 1.13. The van der Waals surface area contributed by atoms with Crippen LogP contribution in [0.15, 0.2) is 54.7 Å². The van der Waals surface area contributed by atoms with Crippen LogP contribution in [0.3, 0.4) is 0 Å². The second-order valence-electron chi connectivity index (χ2n) is 9.05. The summed E-state index contributed by atoms with van der Waals surface area (Å²) >= 11 is 0. The van der Waals surface area contributed by atoms with Gasteiger partial charge in [-0.15, -0.1) is 0 Å². The Hall–Kier alpha value is -3.91. The summed E-state index contributed by atoms with van der Waals surface area (Å²) in [6, 6.07) is 14.3. The highest BCUT2D eigenvalue weighted by molar-refractivity contribution is 5.98. The van der Waals surface area contributed by atoms with Crippen molar-refractivity contribution in [2.45, 2.75) is 32.3 Å². The van der Waals surface area contributed by atoms with Gasteiger partial charge in [0.2, 0.25) is 0 Å². The predicted octanol–water partition coefficient (Wildman–Crippen LogP) is 5.77. The zero-order valence-corrected chi connectivity index (χ0v) is 21.4. The Morgan fingerprint density at radius 3 is 2.57 bits per heavy atom. The molecular formula is C29H31FN2O5. The number of carbonyl (C=O) groups is 1. The summed E-state index contributed by atoms with van der Waals surface area (Å²) in [6.07, 6.45) is 2.12. The highest BCUT2D eigenvalue weighted by atomic mass is 19.1. The molecule has 0 aliphatic rings. The number of nitrogens with one attached hydrogen (secondary N) is 1. The lowest BCUT2D eigenvalue weighted by Gasteiger charge is -2.23. The number of halogens is 1. The first-order valence-corrected chi connectivity index (χ1v) is 12.0. The van der Waals surface area contributed by atoms with Gasteiger partial charge in [-0.3, -0.25) is 4.79 Å². The number of aromatic amines is 1. The van der Waals surface area contributed by atoms with Crippen LogP contribution in [-0.2, 0) is 5.60 Å². The molecule has 2 aromatic heterocycles. The van der Waals surface area contributed by atoms with E-state index in [0.29, 0.717) is 34.2 Å². The van der Waals surface area contributed by atoms with E-state index in [1.54, 1.807) is 44.4 Å². The van der Waals surface area contributed by atoms with Crippen LogP contribution in [0.1, 0.15) is 41.4 Å². The highest BCUT2D eigenvalue weighted by Crippen LogP contribution is 2.37. The van der Waals surface area contributed by atoms with Crippen molar-refractivity contribution in [1.82, 2.24) is 9.97 Å². The lowest BCUT2D eigenvalue weighted by atomic mass is 9.92. The van der Waals surface area contributed by atoms with Crippen molar-refractivity contribution >= 4 is 16.7 Å². The predicted molar refractivity (Wildman–Crippen MR) is 140 cm³/mol. The number of aromatic nitrogens is 2. The minimum absolute atomic E-state index is 0.0795. The van der Waals surface area contributed by atoms with Gasteiger partial charge in [0.05, 0.1) is 19.9 Å². The lowest BCUT2D eigenvalue weighted by Crippen LogP contribution is -2.24. The first-order valence-electron chi connectivity index (χ1n) is 12.0. The number of ketones is 1. The van der Waals surface area contributed by atoms with Gasteiger partial charge in [0.15, 0.2) is 17.3 Å². The number of aryl methyl sites for hydroxylation is 1. The van der Waals surface area contributed by atoms with E-state index in [-0.39, 0.29) is 25.2 Å². The SMILES string of the molecule is COc1cc(C(=O)CC[C@@](C)(O)c2ccc(OC)c(-c3c[nH]c4c(C)cccc34)n2)ccc1OCCF. The molecule has 4 aromatic rings. The summed E-state index contributed by atoms with van der Waals surface area (Å²) in [5, 5.41) is 12.3. The number of H-pyrrole nitrogens is 1. The van der Waals surface area contributed by atoms with Crippen LogP contribution in [0.5, 0.6) is 17.2 Å². The number of alkyl halides is 1. The monoisotopic (exact) mass is 506 g/mol. The molecular weight excluding hydrogens is 475 g/mol. The third-order valence-corrected chi connectivity index (χ3v) is 6.47. The number of para-hydroxylation sites is 1. The molecule has 4 rings (SSSR count). The van der Waals surface area contributed by atoms with Gasteiger partial charge in [-0.1, -0.05) is 18.2 Å². The Morgan fingerprint density at radius 2 is 1.84 bits per heavy atom. The van der Waals surface area contributed by atoms with Gasteiger partial charge in [0, 0.05) is 34.6 Å². The third kappa shape index (κ3) is 5.44. The number of methoxy groups -OCH3 is 2. The number of carbonyl (C=O) groups excluding carboxylic acids is 1. The topological polar surface area (TPSA) is 93.7 Å². The molecule has 0 unspecified atom stereocenters. The van der Waals surface area contributed by atoms with Crippen LogP contribution in [0.4, 0.5) is 4.39 Å². The van der Waals surface area contributed by atoms with Crippen LogP contribution < -0.4 is 14.2 Å². The van der Waals surface area contributed by atoms with Gasteiger partial charge in [0.25, 0.3) is 0 Å². The normalized spacial score (nSPS) is 12.8. The van der Waals surface area contributed by atoms with Gasteiger partial charge in [0.1, 0.15) is 30.3 Å². The molecule has 0 radical (unpaired) electrons. The smallest absolute Gasteiger partial charge is 0.163 e. The van der Waals surface area contributed by atoms with Crippen molar-refractivity contribution in [2.24, 2.45) is 0 Å².